The first-order chi connectivity index (χ1) is 19.2. The van der Waals surface area contributed by atoms with Gasteiger partial charge in [0.15, 0.2) is 17.0 Å². The molecule has 2 saturated heterocycles. The molecule has 204 valence electrons. The Morgan fingerprint density at radius 1 is 0.600 bits per heavy atom. The van der Waals surface area contributed by atoms with Gasteiger partial charge in [-0.15, -0.1) is 0 Å². The summed E-state index contributed by atoms with van der Waals surface area (Å²) < 4.78 is 40.0. The number of hydrogen-bond acceptors (Lipinski definition) is 6. The predicted molar refractivity (Wildman–Crippen MR) is 150 cm³/mol. The standard InChI is InChI=1S/C32H28ClO6P/c1-29(2)36-27-28(37-29)31(25-19-11-5-12-20-25,26-21-13-6-14-22-26)39-32(33,40(34)35)38-30(27,23-15-7-3-8-16-23)24-17-9-4-10-18-24/h3-22,27-28H,1-2H3/t27-,28-/m1/s1. The molecule has 3 atom stereocenters. The molecular weight excluding hydrogens is 547 g/mol. The number of fused-ring (bicyclic) bond motifs is 1. The highest BCUT2D eigenvalue weighted by molar-refractivity contribution is 7.40. The lowest BCUT2D eigenvalue weighted by Gasteiger charge is -2.41. The van der Waals surface area contributed by atoms with E-state index in [9.17, 15) is 9.46 Å². The highest BCUT2D eigenvalue weighted by Crippen LogP contribution is 2.62. The molecule has 4 aromatic rings. The molecule has 0 saturated carbocycles. The Morgan fingerprint density at radius 3 is 1.12 bits per heavy atom. The maximum atomic E-state index is 13.2. The molecule has 4 aromatic carbocycles. The van der Waals surface area contributed by atoms with Crippen molar-refractivity contribution in [3.63, 3.8) is 0 Å². The molecule has 0 aliphatic carbocycles. The number of rotatable bonds is 5. The average molecular weight is 575 g/mol. The van der Waals surface area contributed by atoms with Gasteiger partial charge in [-0.2, -0.15) is 0 Å². The Labute approximate surface area is 239 Å². The van der Waals surface area contributed by atoms with E-state index < -0.39 is 42.2 Å². The van der Waals surface area contributed by atoms with Crippen LogP contribution in [0.4, 0.5) is 0 Å². The number of hydrogen-bond donors (Lipinski definition) is 0. The van der Waals surface area contributed by atoms with Gasteiger partial charge >= 0.3 is 13.0 Å². The van der Waals surface area contributed by atoms with Crippen molar-refractivity contribution < 1.29 is 28.4 Å². The summed E-state index contributed by atoms with van der Waals surface area (Å²) in [6.07, 6.45) is -1.83. The Balaban J connectivity index is 1.75. The predicted octanol–water partition coefficient (Wildman–Crippen LogP) is 6.39. The number of alkyl halides is 1. The van der Waals surface area contributed by atoms with Gasteiger partial charge in [-0.05, 0) is 36.1 Å². The van der Waals surface area contributed by atoms with E-state index in [1.54, 1.807) is 0 Å². The van der Waals surface area contributed by atoms with Gasteiger partial charge in [0.2, 0.25) is 0 Å². The summed E-state index contributed by atoms with van der Waals surface area (Å²) in [4.78, 5) is 10.5. The quantitative estimate of drug-likeness (QED) is 0.203. The van der Waals surface area contributed by atoms with Gasteiger partial charge in [0.05, 0.1) is 0 Å². The zero-order valence-electron chi connectivity index (χ0n) is 22.0. The van der Waals surface area contributed by atoms with Gasteiger partial charge in [-0.1, -0.05) is 126 Å². The van der Waals surface area contributed by atoms with Crippen LogP contribution in [0, 0.1) is 0 Å². The van der Waals surface area contributed by atoms with Crippen LogP contribution >= 0.6 is 19.6 Å². The van der Waals surface area contributed by atoms with Crippen LogP contribution in [0.2, 0.25) is 0 Å². The summed E-state index contributed by atoms with van der Waals surface area (Å²) in [5.41, 5.74) is -0.549. The molecule has 40 heavy (non-hydrogen) atoms. The van der Waals surface area contributed by atoms with Crippen LogP contribution in [0.1, 0.15) is 36.1 Å². The molecular formula is C32H28ClO6P. The monoisotopic (exact) mass is 574 g/mol. The molecule has 0 spiro atoms. The molecule has 8 heteroatoms. The molecule has 2 aliphatic heterocycles. The number of benzene rings is 4. The van der Waals surface area contributed by atoms with Gasteiger partial charge < -0.3 is 14.4 Å². The van der Waals surface area contributed by atoms with Crippen molar-refractivity contribution in [2.24, 2.45) is 0 Å². The van der Waals surface area contributed by atoms with Gasteiger partial charge in [0, 0.05) is 11.6 Å². The fraction of sp³-hybridized carbons (Fsp3) is 0.250. The third-order valence-electron chi connectivity index (χ3n) is 7.50. The van der Waals surface area contributed by atoms with Crippen molar-refractivity contribution in [1.29, 1.82) is 0 Å². The number of halogens is 1. The molecule has 2 heterocycles. The summed E-state index contributed by atoms with van der Waals surface area (Å²) in [7, 11) is -3.53. The zero-order chi connectivity index (χ0) is 28.0. The average Bonchev–Trinajstić information content (AvgIpc) is 3.27. The Kier molecular flexibility index (Phi) is 6.92. The van der Waals surface area contributed by atoms with E-state index in [1.165, 1.54) is 0 Å². The molecule has 0 N–H and O–H groups in total. The molecule has 6 nitrogen and oxygen atoms in total. The minimum atomic E-state index is -3.53. The van der Waals surface area contributed by atoms with Crippen molar-refractivity contribution in [3.05, 3.63) is 144 Å². The maximum absolute atomic E-state index is 13.2. The zero-order valence-corrected chi connectivity index (χ0v) is 23.6. The lowest BCUT2D eigenvalue weighted by Crippen LogP contribution is -2.53. The third-order valence-corrected chi connectivity index (χ3v) is 8.69. The van der Waals surface area contributed by atoms with Crippen molar-refractivity contribution >= 4 is 19.6 Å². The van der Waals surface area contributed by atoms with Crippen LogP contribution < -0.4 is 4.89 Å². The van der Waals surface area contributed by atoms with Gasteiger partial charge in [-0.25, -0.2) is 0 Å². The van der Waals surface area contributed by atoms with Gasteiger partial charge in [-0.3, -0.25) is 9.47 Å². The molecule has 0 radical (unpaired) electrons. The second-order valence-electron chi connectivity index (χ2n) is 10.4. The lowest BCUT2D eigenvalue weighted by atomic mass is 9.72. The Bertz CT molecular complexity index is 1300. The van der Waals surface area contributed by atoms with Crippen LogP contribution in [0.25, 0.3) is 0 Å². The van der Waals surface area contributed by atoms with Crippen LogP contribution in [-0.4, -0.2) is 23.0 Å². The van der Waals surface area contributed by atoms with E-state index in [4.69, 9.17) is 30.5 Å². The summed E-state index contributed by atoms with van der Waals surface area (Å²) >= 11 is 7.01. The van der Waals surface area contributed by atoms with E-state index in [-0.39, 0.29) is 0 Å². The molecule has 2 aliphatic rings. The summed E-state index contributed by atoms with van der Waals surface area (Å²) in [6.45, 7) is 3.65. The molecule has 1 unspecified atom stereocenters. The summed E-state index contributed by atoms with van der Waals surface area (Å²) in [5, 5.41) is 0. The van der Waals surface area contributed by atoms with Crippen molar-refractivity contribution in [3.8, 4) is 0 Å². The van der Waals surface area contributed by atoms with E-state index in [0.29, 0.717) is 22.3 Å². The molecule has 0 aromatic heterocycles. The van der Waals surface area contributed by atoms with E-state index >= 15 is 0 Å². The minimum Gasteiger partial charge on any atom is -0.590 e. The highest BCUT2D eigenvalue weighted by atomic mass is 35.5. The van der Waals surface area contributed by atoms with Crippen molar-refractivity contribution in [1.82, 2.24) is 0 Å². The lowest BCUT2D eigenvalue weighted by molar-refractivity contribution is -0.277. The van der Waals surface area contributed by atoms with Crippen LogP contribution in [0.15, 0.2) is 121 Å². The summed E-state index contributed by atoms with van der Waals surface area (Å²) in [5.74, 6) is -1.09. The maximum Gasteiger partial charge on any atom is 0.457 e. The second kappa shape index (κ2) is 10.2. The SMILES string of the molecule is CC1(C)O[C@@H]2[C@@H](O1)C(c1ccccc1)(c1ccccc1)OC(Cl)([P+](=O)[O-])OC2(c1ccccc1)c1ccccc1. The molecule has 2 fully saturated rings. The van der Waals surface area contributed by atoms with Gasteiger partial charge in [0.25, 0.3) is 0 Å². The number of ether oxygens (including phenoxy) is 4. The van der Waals surface area contributed by atoms with Crippen LogP contribution in [0.5, 0.6) is 0 Å². The fourth-order valence-corrected chi connectivity index (χ4v) is 6.61. The Hall–Kier alpha value is -2.93. The van der Waals surface area contributed by atoms with Crippen molar-refractivity contribution in [2.75, 3.05) is 0 Å². The first-order valence-electron chi connectivity index (χ1n) is 13.0. The second-order valence-corrected chi connectivity index (χ2v) is 12.2. The minimum absolute atomic E-state index is 0.639. The van der Waals surface area contributed by atoms with E-state index in [1.807, 2.05) is 135 Å². The smallest absolute Gasteiger partial charge is 0.457 e. The topological polar surface area (TPSA) is 77.1 Å². The van der Waals surface area contributed by atoms with E-state index in [0.717, 1.165) is 0 Å². The largest absolute Gasteiger partial charge is 0.590 e. The summed E-state index contributed by atoms with van der Waals surface area (Å²) in [6, 6.07) is 37.3. The molecule has 0 bridgehead atoms. The normalized spacial score (nSPS) is 24.4. The van der Waals surface area contributed by atoms with Gasteiger partial charge in [0.1, 0.15) is 12.2 Å². The molecule has 0 amide bonds. The van der Waals surface area contributed by atoms with Crippen LogP contribution in [0.3, 0.4) is 0 Å². The van der Waals surface area contributed by atoms with E-state index in [2.05, 4.69) is 0 Å². The first-order valence-corrected chi connectivity index (χ1v) is 14.6. The highest BCUT2D eigenvalue weighted by Gasteiger charge is 2.72. The third kappa shape index (κ3) is 4.32. The Morgan fingerprint density at radius 2 is 0.875 bits per heavy atom. The first kappa shape index (κ1) is 27.3. The molecule has 6 rings (SSSR count). The van der Waals surface area contributed by atoms with Crippen LogP contribution in [-0.2, 0) is 34.7 Å². The van der Waals surface area contributed by atoms with Crippen molar-refractivity contribution in [2.45, 2.75) is 48.0 Å². The fourth-order valence-electron chi connectivity index (χ4n) is 5.93.